The smallest absolute Gasteiger partial charge is 0.124 e. The SMILES string of the molecule is Fc1ccc(NCCC2CCCO2)c(I)c1. The Morgan fingerprint density at radius 2 is 2.38 bits per heavy atom. The Balaban J connectivity index is 1.80. The summed E-state index contributed by atoms with van der Waals surface area (Å²) in [5.74, 6) is -0.186. The molecule has 4 heteroatoms. The van der Waals surface area contributed by atoms with Crippen LogP contribution in [-0.4, -0.2) is 19.3 Å². The molecule has 1 fully saturated rings. The summed E-state index contributed by atoms with van der Waals surface area (Å²) in [6.45, 7) is 1.78. The zero-order valence-corrected chi connectivity index (χ0v) is 11.2. The maximum Gasteiger partial charge on any atom is 0.124 e. The average Bonchev–Trinajstić information content (AvgIpc) is 2.74. The van der Waals surface area contributed by atoms with Gasteiger partial charge in [-0.3, -0.25) is 0 Å². The van der Waals surface area contributed by atoms with E-state index in [-0.39, 0.29) is 5.82 Å². The van der Waals surface area contributed by atoms with Crippen LogP contribution < -0.4 is 5.32 Å². The lowest BCUT2D eigenvalue weighted by molar-refractivity contribution is 0.107. The van der Waals surface area contributed by atoms with Crippen LogP contribution in [0.4, 0.5) is 10.1 Å². The molecule has 1 heterocycles. The first-order chi connectivity index (χ1) is 7.75. The first-order valence-corrected chi connectivity index (χ1v) is 6.64. The molecule has 1 aliphatic rings. The molecular formula is C12H15FINO. The van der Waals surface area contributed by atoms with E-state index < -0.39 is 0 Å². The summed E-state index contributed by atoms with van der Waals surface area (Å²) in [6, 6.07) is 4.80. The fourth-order valence-electron chi connectivity index (χ4n) is 1.87. The predicted molar refractivity (Wildman–Crippen MR) is 71.2 cm³/mol. The monoisotopic (exact) mass is 335 g/mol. The van der Waals surface area contributed by atoms with Crippen molar-refractivity contribution in [3.05, 3.63) is 27.6 Å². The van der Waals surface area contributed by atoms with Crippen molar-refractivity contribution in [2.45, 2.75) is 25.4 Å². The molecular weight excluding hydrogens is 320 g/mol. The average molecular weight is 335 g/mol. The summed E-state index contributed by atoms with van der Waals surface area (Å²) >= 11 is 2.14. The molecule has 1 aliphatic heterocycles. The third kappa shape index (κ3) is 3.31. The predicted octanol–water partition coefficient (Wildman–Crippen LogP) is 3.41. The van der Waals surface area contributed by atoms with Crippen LogP contribution in [0.15, 0.2) is 18.2 Å². The molecule has 88 valence electrons. The second kappa shape index (κ2) is 5.82. The van der Waals surface area contributed by atoms with E-state index in [9.17, 15) is 4.39 Å². The van der Waals surface area contributed by atoms with E-state index in [1.807, 2.05) is 0 Å². The number of hydrogen-bond acceptors (Lipinski definition) is 2. The molecule has 1 aromatic carbocycles. The minimum atomic E-state index is -0.186. The van der Waals surface area contributed by atoms with Crippen LogP contribution in [0, 0.1) is 9.39 Å². The van der Waals surface area contributed by atoms with Gasteiger partial charge in [-0.05, 0) is 60.1 Å². The van der Waals surface area contributed by atoms with Gasteiger partial charge in [-0.1, -0.05) is 0 Å². The Kier molecular flexibility index (Phi) is 4.40. The number of ether oxygens (including phenoxy) is 1. The first-order valence-electron chi connectivity index (χ1n) is 5.56. The summed E-state index contributed by atoms with van der Waals surface area (Å²) in [6.07, 6.45) is 3.78. The second-order valence-electron chi connectivity index (χ2n) is 3.97. The minimum absolute atomic E-state index is 0.186. The van der Waals surface area contributed by atoms with E-state index >= 15 is 0 Å². The Bertz CT molecular complexity index is 353. The van der Waals surface area contributed by atoms with Crippen molar-refractivity contribution in [1.29, 1.82) is 0 Å². The van der Waals surface area contributed by atoms with Gasteiger partial charge < -0.3 is 10.1 Å². The van der Waals surface area contributed by atoms with Gasteiger partial charge in [-0.2, -0.15) is 0 Å². The van der Waals surface area contributed by atoms with Gasteiger partial charge >= 0.3 is 0 Å². The molecule has 0 bridgehead atoms. The lowest BCUT2D eigenvalue weighted by Crippen LogP contribution is -2.12. The van der Waals surface area contributed by atoms with Crippen LogP contribution in [0.1, 0.15) is 19.3 Å². The molecule has 16 heavy (non-hydrogen) atoms. The molecule has 1 unspecified atom stereocenters. The second-order valence-corrected chi connectivity index (χ2v) is 5.14. The third-order valence-electron chi connectivity index (χ3n) is 2.74. The number of nitrogens with one attached hydrogen (secondary N) is 1. The normalized spacial score (nSPS) is 20.0. The standard InChI is InChI=1S/C12H15FINO/c13-9-3-4-12(11(14)8-9)15-6-5-10-2-1-7-16-10/h3-4,8,10,15H,1-2,5-7H2. The van der Waals surface area contributed by atoms with Gasteiger partial charge in [0.05, 0.1) is 6.10 Å². The van der Waals surface area contributed by atoms with Gasteiger partial charge in [0.15, 0.2) is 0 Å². The lowest BCUT2D eigenvalue weighted by atomic mass is 10.2. The molecule has 1 N–H and O–H groups in total. The number of hydrogen-bond donors (Lipinski definition) is 1. The largest absolute Gasteiger partial charge is 0.384 e. The molecule has 0 saturated carbocycles. The van der Waals surface area contributed by atoms with Crippen LogP contribution in [0.25, 0.3) is 0 Å². The fraction of sp³-hybridized carbons (Fsp3) is 0.500. The van der Waals surface area contributed by atoms with Crippen LogP contribution in [0.2, 0.25) is 0 Å². The van der Waals surface area contributed by atoms with Gasteiger partial charge in [-0.25, -0.2) is 4.39 Å². The van der Waals surface area contributed by atoms with E-state index in [2.05, 4.69) is 27.9 Å². The molecule has 0 aromatic heterocycles. The van der Waals surface area contributed by atoms with Crippen molar-refractivity contribution in [2.75, 3.05) is 18.5 Å². The molecule has 0 aliphatic carbocycles. The zero-order chi connectivity index (χ0) is 11.4. The highest BCUT2D eigenvalue weighted by Gasteiger charge is 2.14. The van der Waals surface area contributed by atoms with Crippen molar-refractivity contribution >= 4 is 28.3 Å². The van der Waals surface area contributed by atoms with Crippen molar-refractivity contribution in [1.82, 2.24) is 0 Å². The third-order valence-corrected chi connectivity index (χ3v) is 3.63. The van der Waals surface area contributed by atoms with Gasteiger partial charge in [0.1, 0.15) is 5.82 Å². The minimum Gasteiger partial charge on any atom is -0.384 e. The summed E-state index contributed by atoms with van der Waals surface area (Å²) in [5.41, 5.74) is 1.000. The topological polar surface area (TPSA) is 21.3 Å². The number of anilines is 1. The zero-order valence-electron chi connectivity index (χ0n) is 9.01. The van der Waals surface area contributed by atoms with Gasteiger partial charge in [0.2, 0.25) is 0 Å². The molecule has 1 saturated heterocycles. The Morgan fingerprint density at radius 3 is 3.06 bits per heavy atom. The molecule has 2 nitrogen and oxygen atoms in total. The maximum absolute atomic E-state index is 12.9. The summed E-state index contributed by atoms with van der Waals surface area (Å²) < 4.78 is 19.3. The van der Waals surface area contributed by atoms with E-state index in [1.165, 1.54) is 25.0 Å². The van der Waals surface area contributed by atoms with Gasteiger partial charge in [-0.15, -0.1) is 0 Å². The van der Waals surface area contributed by atoms with E-state index in [0.717, 1.165) is 28.8 Å². The van der Waals surface area contributed by atoms with E-state index in [0.29, 0.717) is 6.10 Å². The van der Waals surface area contributed by atoms with E-state index in [4.69, 9.17) is 4.74 Å². The molecule has 1 atom stereocenters. The van der Waals surface area contributed by atoms with Crippen LogP contribution >= 0.6 is 22.6 Å². The van der Waals surface area contributed by atoms with Crippen molar-refractivity contribution in [3.63, 3.8) is 0 Å². The summed E-state index contributed by atoms with van der Waals surface area (Å²) in [7, 11) is 0. The molecule has 2 rings (SSSR count). The van der Waals surface area contributed by atoms with Gasteiger partial charge in [0.25, 0.3) is 0 Å². The molecule has 1 aromatic rings. The van der Waals surface area contributed by atoms with Crippen LogP contribution in [-0.2, 0) is 4.74 Å². The van der Waals surface area contributed by atoms with Crippen LogP contribution in [0.3, 0.4) is 0 Å². The van der Waals surface area contributed by atoms with Gasteiger partial charge in [0, 0.05) is 22.4 Å². The highest BCUT2D eigenvalue weighted by atomic mass is 127. The quantitative estimate of drug-likeness (QED) is 0.852. The Hall–Kier alpha value is -0.360. The van der Waals surface area contributed by atoms with Crippen molar-refractivity contribution < 1.29 is 9.13 Å². The molecule has 0 radical (unpaired) electrons. The fourth-order valence-corrected chi connectivity index (χ4v) is 2.54. The molecule has 0 spiro atoms. The Morgan fingerprint density at radius 1 is 1.50 bits per heavy atom. The lowest BCUT2D eigenvalue weighted by Gasteiger charge is -2.12. The number of rotatable bonds is 4. The van der Waals surface area contributed by atoms with Crippen LogP contribution in [0.5, 0.6) is 0 Å². The van der Waals surface area contributed by atoms with Crippen molar-refractivity contribution in [2.24, 2.45) is 0 Å². The summed E-state index contributed by atoms with van der Waals surface area (Å²) in [4.78, 5) is 0. The highest BCUT2D eigenvalue weighted by Crippen LogP contribution is 2.20. The first kappa shape index (κ1) is 12.1. The highest BCUT2D eigenvalue weighted by molar-refractivity contribution is 14.1. The molecule has 0 amide bonds. The van der Waals surface area contributed by atoms with Crippen molar-refractivity contribution in [3.8, 4) is 0 Å². The maximum atomic E-state index is 12.9. The summed E-state index contributed by atoms with van der Waals surface area (Å²) in [5, 5.41) is 3.31. The number of halogens is 2. The Labute approximate surface area is 109 Å². The number of benzene rings is 1. The van der Waals surface area contributed by atoms with E-state index in [1.54, 1.807) is 6.07 Å².